The number of rotatable bonds is 5. The molecule has 0 aliphatic carbocycles. The minimum atomic E-state index is -1.95. The second-order valence-electron chi connectivity index (χ2n) is 6.54. The number of aliphatic hydroxyl groups excluding tert-OH is 1. The number of hydrogen-bond acceptors (Lipinski definition) is 4. The number of hydrogen-bond donors (Lipinski definition) is 1. The van der Waals surface area contributed by atoms with Crippen LogP contribution in [0.5, 0.6) is 0 Å². The molecule has 0 aromatic carbocycles. The highest BCUT2D eigenvalue weighted by molar-refractivity contribution is 6.74. The molecule has 0 amide bonds. The summed E-state index contributed by atoms with van der Waals surface area (Å²) < 4.78 is 11.7. The van der Waals surface area contributed by atoms with Crippen molar-refractivity contribution in [3.63, 3.8) is 0 Å². The molecular formula is C12H25N3O3Si. The highest BCUT2D eigenvalue weighted by Crippen LogP contribution is 2.38. The molecule has 1 aliphatic heterocycles. The van der Waals surface area contributed by atoms with E-state index in [4.69, 9.17) is 14.7 Å². The molecule has 0 aromatic heterocycles. The largest absolute Gasteiger partial charge is 0.411 e. The molecule has 1 rings (SSSR count). The second-order valence-corrected chi connectivity index (χ2v) is 11.3. The molecule has 0 aromatic rings. The molecule has 19 heavy (non-hydrogen) atoms. The van der Waals surface area contributed by atoms with E-state index in [1.54, 1.807) is 0 Å². The molecule has 0 spiro atoms. The van der Waals surface area contributed by atoms with Crippen molar-refractivity contribution in [2.75, 3.05) is 6.54 Å². The molecule has 0 radical (unpaired) electrons. The van der Waals surface area contributed by atoms with Gasteiger partial charge in [-0.2, -0.15) is 0 Å². The smallest absolute Gasteiger partial charge is 0.192 e. The third-order valence-electron chi connectivity index (χ3n) is 4.02. The molecule has 7 heteroatoms. The summed E-state index contributed by atoms with van der Waals surface area (Å²) in [6.07, 6.45) is 0.171. The molecule has 1 saturated heterocycles. The third-order valence-corrected chi connectivity index (χ3v) is 8.53. The Balaban J connectivity index is 2.77. The summed E-state index contributed by atoms with van der Waals surface area (Å²) in [6.45, 7) is 11.0. The molecule has 0 unspecified atom stereocenters. The van der Waals surface area contributed by atoms with Gasteiger partial charge < -0.3 is 14.3 Å². The van der Waals surface area contributed by atoms with Crippen LogP contribution in [-0.4, -0.2) is 38.5 Å². The zero-order chi connectivity index (χ0) is 14.7. The maximum absolute atomic E-state index is 9.46. The Bertz CT molecular complexity index is 351. The van der Waals surface area contributed by atoms with Gasteiger partial charge in [-0.15, -0.1) is 0 Å². The number of ether oxygens (including phenoxy) is 1. The predicted molar refractivity (Wildman–Crippen MR) is 76.2 cm³/mol. The highest BCUT2D eigenvalue weighted by atomic mass is 28.4. The second kappa shape index (κ2) is 6.24. The lowest BCUT2D eigenvalue weighted by Crippen LogP contribution is -2.48. The van der Waals surface area contributed by atoms with Crippen LogP contribution in [0.25, 0.3) is 10.4 Å². The van der Waals surface area contributed by atoms with Crippen LogP contribution >= 0.6 is 0 Å². The molecule has 1 fully saturated rings. The Morgan fingerprint density at radius 2 is 2.11 bits per heavy atom. The zero-order valence-corrected chi connectivity index (χ0v) is 13.5. The summed E-state index contributed by atoms with van der Waals surface area (Å²) >= 11 is 0. The molecular weight excluding hydrogens is 262 g/mol. The lowest BCUT2D eigenvalue weighted by atomic mass is 10.1. The van der Waals surface area contributed by atoms with Gasteiger partial charge in [0.25, 0.3) is 0 Å². The van der Waals surface area contributed by atoms with Crippen LogP contribution in [0.3, 0.4) is 0 Å². The first-order valence-corrected chi connectivity index (χ1v) is 9.60. The first kappa shape index (κ1) is 16.5. The summed E-state index contributed by atoms with van der Waals surface area (Å²) in [5.41, 5.74) is 8.49. The molecule has 110 valence electrons. The Morgan fingerprint density at radius 1 is 1.47 bits per heavy atom. The van der Waals surface area contributed by atoms with Gasteiger partial charge in [-0.05, 0) is 30.1 Å². The molecule has 3 atom stereocenters. The number of azide groups is 1. The quantitative estimate of drug-likeness (QED) is 0.364. The van der Waals surface area contributed by atoms with E-state index in [2.05, 4.69) is 43.9 Å². The van der Waals surface area contributed by atoms with E-state index in [0.717, 1.165) is 6.42 Å². The average molecular weight is 287 g/mol. The number of nitrogens with zero attached hydrogens (tertiary/aromatic N) is 3. The van der Waals surface area contributed by atoms with E-state index in [0.29, 0.717) is 6.42 Å². The van der Waals surface area contributed by atoms with Gasteiger partial charge in [0.05, 0.1) is 18.8 Å². The zero-order valence-electron chi connectivity index (χ0n) is 12.5. The summed E-state index contributed by atoms with van der Waals surface area (Å²) in [4.78, 5) is 2.80. The first-order valence-electron chi connectivity index (χ1n) is 6.69. The van der Waals surface area contributed by atoms with E-state index in [1.807, 2.05) is 0 Å². The normalized spacial score (nSPS) is 26.0. The van der Waals surface area contributed by atoms with Gasteiger partial charge in [-0.25, -0.2) is 0 Å². The van der Waals surface area contributed by atoms with Gasteiger partial charge in [0.15, 0.2) is 14.6 Å². The van der Waals surface area contributed by atoms with Crippen molar-refractivity contribution < 1.29 is 14.3 Å². The molecule has 1 heterocycles. The molecule has 6 nitrogen and oxygen atoms in total. The van der Waals surface area contributed by atoms with Crippen LogP contribution in [0.2, 0.25) is 18.1 Å². The Hall–Kier alpha value is -0.593. The van der Waals surface area contributed by atoms with Crippen molar-refractivity contribution in [1.82, 2.24) is 0 Å². The molecule has 1 aliphatic rings. The van der Waals surface area contributed by atoms with E-state index < -0.39 is 14.6 Å². The van der Waals surface area contributed by atoms with Crippen molar-refractivity contribution >= 4 is 8.32 Å². The lowest BCUT2D eigenvalue weighted by Gasteiger charge is -2.40. The van der Waals surface area contributed by atoms with Gasteiger partial charge in [0.2, 0.25) is 0 Å². The maximum Gasteiger partial charge on any atom is 0.192 e. The third kappa shape index (κ3) is 4.47. The Labute approximate surface area is 115 Å². The molecule has 0 bridgehead atoms. The van der Waals surface area contributed by atoms with E-state index >= 15 is 0 Å². The fourth-order valence-electron chi connectivity index (χ4n) is 1.82. The van der Waals surface area contributed by atoms with Crippen LogP contribution in [0, 0.1) is 0 Å². The average Bonchev–Trinajstić information content (AvgIpc) is 2.69. The summed E-state index contributed by atoms with van der Waals surface area (Å²) in [6, 6.07) is 0. The Kier molecular flexibility index (Phi) is 5.40. The van der Waals surface area contributed by atoms with Gasteiger partial charge in [0, 0.05) is 11.3 Å². The summed E-state index contributed by atoms with van der Waals surface area (Å²) in [5, 5.41) is 13.2. The molecule has 1 N–H and O–H groups in total. The van der Waals surface area contributed by atoms with Crippen LogP contribution in [0.15, 0.2) is 5.11 Å². The van der Waals surface area contributed by atoms with Crippen molar-refractivity contribution in [3.8, 4) is 0 Å². The van der Waals surface area contributed by atoms with E-state index in [9.17, 15) is 5.11 Å². The van der Waals surface area contributed by atoms with Gasteiger partial charge >= 0.3 is 0 Å². The Morgan fingerprint density at radius 3 is 2.53 bits per heavy atom. The summed E-state index contributed by atoms with van der Waals surface area (Å²) in [5.74, 6) is 0. The van der Waals surface area contributed by atoms with Crippen LogP contribution in [0.4, 0.5) is 0 Å². The van der Waals surface area contributed by atoms with Crippen molar-refractivity contribution in [2.24, 2.45) is 5.11 Å². The van der Waals surface area contributed by atoms with Crippen LogP contribution in [0.1, 0.15) is 33.6 Å². The monoisotopic (exact) mass is 287 g/mol. The van der Waals surface area contributed by atoms with Gasteiger partial charge in [-0.1, -0.05) is 25.9 Å². The minimum Gasteiger partial charge on any atom is -0.411 e. The number of aliphatic hydroxyl groups is 1. The minimum absolute atomic E-state index is 0.0822. The maximum atomic E-state index is 9.46. The van der Waals surface area contributed by atoms with Crippen molar-refractivity contribution in [2.45, 2.75) is 70.2 Å². The standard InChI is InChI=1S/C12H25N3O3Si/c1-12(2,3)19(4,5)18-10(8-14-15-13)9-6-7-11(16)17-9/h9-11,16H,6-8H2,1-5H3/t9-,10+,11+/m0/s1. The van der Waals surface area contributed by atoms with Gasteiger partial charge in [0.1, 0.15) is 0 Å². The SMILES string of the molecule is CC(C)(C)[Si](C)(C)O[C@H](CN=[N+]=[N-])[C@@H]1CC[C@H](O)O1. The fourth-order valence-corrected chi connectivity index (χ4v) is 3.16. The summed E-state index contributed by atoms with van der Waals surface area (Å²) in [7, 11) is -1.95. The first-order chi connectivity index (χ1) is 8.67. The van der Waals surface area contributed by atoms with Crippen LogP contribution in [-0.2, 0) is 9.16 Å². The predicted octanol–water partition coefficient (Wildman–Crippen LogP) is 3.18. The van der Waals surface area contributed by atoms with Crippen molar-refractivity contribution in [1.29, 1.82) is 0 Å². The topological polar surface area (TPSA) is 87.5 Å². The van der Waals surface area contributed by atoms with E-state index in [-0.39, 0.29) is 23.8 Å². The van der Waals surface area contributed by atoms with Crippen LogP contribution < -0.4 is 0 Å². The highest BCUT2D eigenvalue weighted by Gasteiger charge is 2.42. The fraction of sp³-hybridized carbons (Fsp3) is 1.00. The molecule has 0 saturated carbocycles. The lowest BCUT2D eigenvalue weighted by molar-refractivity contribution is -0.116. The van der Waals surface area contributed by atoms with Crippen molar-refractivity contribution in [3.05, 3.63) is 10.4 Å². The van der Waals surface area contributed by atoms with Gasteiger partial charge in [-0.3, -0.25) is 0 Å². The van der Waals surface area contributed by atoms with E-state index in [1.165, 1.54) is 0 Å².